The molecule has 2 aromatic rings. The molecule has 0 saturated heterocycles. The number of carbonyl (C=O) groups is 1. The summed E-state index contributed by atoms with van der Waals surface area (Å²) in [6.07, 6.45) is 1.48. The van der Waals surface area contributed by atoms with Gasteiger partial charge in [-0.2, -0.15) is 0 Å². The predicted molar refractivity (Wildman–Crippen MR) is 70.9 cm³/mol. The van der Waals surface area contributed by atoms with E-state index in [1.54, 1.807) is 23.7 Å². The maximum atomic E-state index is 11.2. The summed E-state index contributed by atoms with van der Waals surface area (Å²) in [6.45, 7) is 0. The van der Waals surface area contributed by atoms with Crippen LogP contribution in [0.4, 0.5) is 5.95 Å². The number of aromatic nitrogens is 4. The molecule has 19 heavy (non-hydrogen) atoms. The van der Waals surface area contributed by atoms with Gasteiger partial charge in [0.15, 0.2) is 5.16 Å². The van der Waals surface area contributed by atoms with E-state index < -0.39 is 0 Å². The Morgan fingerprint density at radius 1 is 1.47 bits per heavy atom. The average molecular weight is 279 g/mol. The van der Waals surface area contributed by atoms with E-state index in [1.807, 2.05) is 5.43 Å². The normalized spacial score (nSPS) is 10.4. The van der Waals surface area contributed by atoms with Gasteiger partial charge in [-0.1, -0.05) is 11.8 Å². The van der Waals surface area contributed by atoms with E-state index in [1.165, 1.54) is 18.0 Å². The fraction of sp³-hybridized carbons (Fsp3) is 0.200. The van der Waals surface area contributed by atoms with Gasteiger partial charge in [0.1, 0.15) is 0 Å². The van der Waals surface area contributed by atoms with Crippen LogP contribution in [0.15, 0.2) is 23.5 Å². The van der Waals surface area contributed by atoms with Gasteiger partial charge in [0.25, 0.3) is 5.91 Å². The fourth-order valence-electron chi connectivity index (χ4n) is 1.32. The second kappa shape index (κ2) is 5.67. The Bertz CT molecular complexity index is 580. The van der Waals surface area contributed by atoms with Crippen molar-refractivity contribution in [2.45, 2.75) is 10.9 Å². The van der Waals surface area contributed by atoms with Crippen LogP contribution in [0.2, 0.25) is 0 Å². The number of nitrogens with zero attached hydrogens (tertiary/aromatic N) is 4. The summed E-state index contributed by atoms with van der Waals surface area (Å²) >= 11 is 1.46. The third kappa shape index (κ3) is 3.01. The number of nitrogens with one attached hydrogen (secondary N) is 1. The Balaban J connectivity index is 2.00. The Labute approximate surface area is 113 Å². The van der Waals surface area contributed by atoms with Crippen molar-refractivity contribution >= 4 is 23.6 Å². The van der Waals surface area contributed by atoms with Gasteiger partial charge in [0.05, 0.1) is 11.3 Å². The topological polar surface area (TPSA) is 125 Å². The molecule has 0 saturated carbocycles. The number of rotatable bonds is 4. The summed E-state index contributed by atoms with van der Waals surface area (Å²) < 4.78 is 1.70. The largest absolute Gasteiger partial charge is 0.368 e. The highest BCUT2D eigenvalue weighted by Crippen LogP contribution is 2.20. The minimum Gasteiger partial charge on any atom is -0.368 e. The number of hydrazine groups is 1. The first-order valence-electron chi connectivity index (χ1n) is 5.35. The molecule has 2 heterocycles. The molecule has 0 atom stereocenters. The highest BCUT2D eigenvalue weighted by molar-refractivity contribution is 7.98. The maximum Gasteiger partial charge on any atom is 0.266 e. The van der Waals surface area contributed by atoms with Crippen molar-refractivity contribution in [3.8, 4) is 0 Å². The molecular weight excluding hydrogens is 266 g/mol. The van der Waals surface area contributed by atoms with Gasteiger partial charge >= 0.3 is 0 Å². The zero-order valence-electron chi connectivity index (χ0n) is 10.2. The summed E-state index contributed by atoms with van der Waals surface area (Å²) in [7, 11) is 1.79. The number of thioether (sulfide) groups is 1. The zero-order valence-corrected chi connectivity index (χ0v) is 11.0. The Morgan fingerprint density at radius 2 is 2.26 bits per heavy atom. The van der Waals surface area contributed by atoms with Gasteiger partial charge in [0, 0.05) is 19.0 Å². The lowest BCUT2D eigenvalue weighted by atomic mass is 10.2. The van der Waals surface area contributed by atoms with Crippen LogP contribution in [-0.2, 0) is 12.8 Å². The first-order valence-corrected chi connectivity index (χ1v) is 6.34. The lowest BCUT2D eigenvalue weighted by Crippen LogP contribution is -2.30. The Hall–Kier alpha value is -2.13. The molecule has 0 aliphatic carbocycles. The van der Waals surface area contributed by atoms with Crippen LogP contribution in [0.5, 0.6) is 0 Å². The molecule has 2 aromatic heterocycles. The van der Waals surface area contributed by atoms with Crippen LogP contribution < -0.4 is 17.0 Å². The van der Waals surface area contributed by atoms with Crippen molar-refractivity contribution in [3.05, 3.63) is 29.6 Å². The van der Waals surface area contributed by atoms with E-state index in [9.17, 15) is 4.79 Å². The van der Waals surface area contributed by atoms with E-state index in [0.717, 1.165) is 5.69 Å². The summed E-state index contributed by atoms with van der Waals surface area (Å²) in [5.74, 6) is 5.64. The van der Waals surface area contributed by atoms with Crippen LogP contribution in [0.3, 0.4) is 0 Å². The average Bonchev–Trinajstić information content (AvgIpc) is 2.76. The van der Waals surface area contributed by atoms with Crippen molar-refractivity contribution in [1.82, 2.24) is 25.2 Å². The monoisotopic (exact) mass is 279 g/mol. The van der Waals surface area contributed by atoms with Crippen LogP contribution >= 0.6 is 11.8 Å². The number of nitrogens with two attached hydrogens (primary N) is 2. The molecule has 1 amide bonds. The van der Waals surface area contributed by atoms with Crippen LogP contribution in [0.25, 0.3) is 0 Å². The van der Waals surface area contributed by atoms with E-state index in [-0.39, 0.29) is 5.91 Å². The SMILES string of the molecule is Cn1c(N)nnc1SCc1ccc(C(=O)NN)cn1. The highest BCUT2D eigenvalue weighted by atomic mass is 32.2. The lowest BCUT2D eigenvalue weighted by molar-refractivity contribution is 0.0953. The van der Waals surface area contributed by atoms with E-state index in [0.29, 0.717) is 22.4 Å². The first-order chi connectivity index (χ1) is 9.11. The van der Waals surface area contributed by atoms with Crippen LogP contribution in [0, 0.1) is 0 Å². The predicted octanol–water partition coefficient (Wildman–Crippen LogP) is -0.312. The van der Waals surface area contributed by atoms with Crippen molar-refractivity contribution < 1.29 is 4.79 Å². The molecule has 0 spiro atoms. The van der Waals surface area contributed by atoms with E-state index >= 15 is 0 Å². The van der Waals surface area contributed by atoms with E-state index in [4.69, 9.17) is 11.6 Å². The molecule has 0 aliphatic heterocycles. The summed E-state index contributed by atoms with van der Waals surface area (Å²) in [5.41, 5.74) is 8.87. The third-order valence-electron chi connectivity index (χ3n) is 2.44. The van der Waals surface area contributed by atoms with Gasteiger partial charge in [-0.25, -0.2) is 5.84 Å². The molecule has 0 bridgehead atoms. The van der Waals surface area contributed by atoms with Crippen molar-refractivity contribution in [2.24, 2.45) is 12.9 Å². The number of pyridine rings is 1. The molecule has 0 fully saturated rings. The standard InChI is InChI=1S/C10H13N7OS/c1-17-9(11)15-16-10(17)19-5-7-3-2-6(4-13-7)8(18)14-12/h2-4H,5,12H2,1H3,(H2,11,15)(H,14,18). The number of anilines is 1. The van der Waals surface area contributed by atoms with Crippen molar-refractivity contribution in [3.63, 3.8) is 0 Å². The van der Waals surface area contributed by atoms with Crippen molar-refractivity contribution in [1.29, 1.82) is 0 Å². The molecular formula is C10H13N7OS. The second-order valence-electron chi connectivity index (χ2n) is 3.70. The minimum atomic E-state index is -0.368. The van der Waals surface area contributed by atoms with E-state index in [2.05, 4.69) is 15.2 Å². The maximum absolute atomic E-state index is 11.2. The summed E-state index contributed by atoms with van der Waals surface area (Å²) in [6, 6.07) is 3.42. The molecule has 100 valence electrons. The lowest BCUT2D eigenvalue weighted by Gasteiger charge is -2.03. The summed E-state index contributed by atoms with van der Waals surface area (Å²) in [5, 5.41) is 8.40. The molecule has 8 nitrogen and oxygen atoms in total. The van der Waals surface area contributed by atoms with Gasteiger partial charge < -0.3 is 5.73 Å². The molecule has 2 rings (SSSR count). The van der Waals surface area contributed by atoms with Gasteiger partial charge in [-0.15, -0.1) is 10.2 Å². The highest BCUT2D eigenvalue weighted by Gasteiger charge is 2.08. The molecule has 0 unspecified atom stereocenters. The fourth-order valence-corrected chi connectivity index (χ4v) is 2.15. The third-order valence-corrected chi connectivity index (χ3v) is 3.49. The molecule has 9 heteroatoms. The number of carbonyl (C=O) groups excluding carboxylic acids is 1. The zero-order chi connectivity index (χ0) is 13.8. The Morgan fingerprint density at radius 3 is 2.79 bits per heavy atom. The summed E-state index contributed by atoms with van der Waals surface area (Å²) in [4.78, 5) is 15.4. The van der Waals surface area contributed by atoms with Gasteiger partial charge in [0.2, 0.25) is 5.95 Å². The van der Waals surface area contributed by atoms with Crippen molar-refractivity contribution in [2.75, 3.05) is 5.73 Å². The Kier molecular flexibility index (Phi) is 3.97. The number of hydrogen-bond acceptors (Lipinski definition) is 7. The second-order valence-corrected chi connectivity index (χ2v) is 4.64. The van der Waals surface area contributed by atoms with Crippen LogP contribution in [-0.4, -0.2) is 25.7 Å². The van der Waals surface area contributed by atoms with Crippen LogP contribution in [0.1, 0.15) is 16.1 Å². The molecule has 0 radical (unpaired) electrons. The smallest absolute Gasteiger partial charge is 0.266 e. The molecule has 0 aromatic carbocycles. The molecule has 0 aliphatic rings. The quantitative estimate of drug-likeness (QED) is 0.303. The molecule has 5 N–H and O–H groups in total. The number of amides is 1. The minimum absolute atomic E-state index is 0.366. The van der Waals surface area contributed by atoms with Gasteiger partial charge in [-0.05, 0) is 12.1 Å². The number of nitrogen functional groups attached to an aromatic ring is 2. The van der Waals surface area contributed by atoms with Gasteiger partial charge in [-0.3, -0.25) is 19.8 Å². The number of hydrogen-bond donors (Lipinski definition) is 3. The first kappa shape index (κ1) is 13.3.